The molecule has 2 heterocycles. The first-order chi connectivity index (χ1) is 12.7. The molecule has 0 aliphatic carbocycles. The summed E-state index contributed by atoms with van der Waals surface area (Å²) in [6.07, 6.45) is 5.91. The normalized spacial score (nSPS) is 17.3. The van der Waals surface area contributed by atoms with E-state index >= 15 is 0 Å². The minimum Gasteiger partial charge on any atom is -0.497 e. The number of ether oxygens (including phenoxy) is 2. The van der Waals surface area contributed by atoms with Gasteiger partial charge in [-0.25, -0.2) is 4.98 Å². The molecule has 1 aromatic heterocycles. The number of amides is 1. The summed E-state index contributed by atoms with van der Waals surface area (Å²) in [6.45, 7) is 4.65. The summed E-state index contributed by atoms with van der Waals surface area (Å²) in [7, 11) is 1.67. The van der Waals surface area contributed by atoms with Crippen LogP contribution < -0.4 is 4.74 Å². The van der Waals surface area contributed by atoms with Crippen LogP contribution in [-0.4, -0.2) is 53.3 Å². The number of carbonyl (C=O) groups excluding carboxylic acids is 1. The highest BCUT2D eigenvalue weighted by molar-refractivity contribution is 5.76. The van der Waals surface area contributed by atoms with E-state index < -0.39 is 0 Å². The van der Waals surface area contributed by atoms with Crippen LogP contribution >= 0.6 is 0 Å². The molecule has 1 saturated heterocycles. The Balaban J connectivity index is 1.53. The molecule has 2 aromatic rings. The maximum atomic E-state index is 12.6. The van der Waals surface area contributed by atoms with Crippen LogP contribution in [0.5, 0.6) is 5.75 Å². The summed E-state index contributed by atoms with van der Waals surface area (Å²) < 4.78 is 13.2. The van der Waals surface area contributed by atoms with Crippen molar-refractivity contribution in [3.8, 4) is 5.75 Å². The zero-order valence-electron chi connectivity index (χ0n) is 15.6. The lowest BCUT2D eigenvalue weighted by atomic mass is 10.1. The van der Waals surface area contributed by atoms with Gasteiger partial charge in [0.1, 0.15) is 11.6 Å². The van der Waals surface area contributed by atoms with Crippen LogP contribution in [-0.2, 0) is 28.9 Å². The topological polar surface area (TPSA) is 56.6 Å². The average molecular weight is 357 g/mol. The van der Waals surface area contributed by atoms with Gasteiger partial charge in [-0.1, -0.05) is 19.1 Å². The van der Waals surface area contributed by atoms with E-state index in [4.69, 9.17) is 9.47 Å². The molecule has 0 spiro atoms. The fraction of sp³-hybridized carbons (Fsp3) is 0.500. The number of carbonyl (C=O) groups is 1. The number of rotatable bonds is 7. The van der Waals surface area contributed by atoms with Gasteiger partial charge in [-0.3, -0.25) is 4.79 Å². The van der Waals surface area contributed by atoms with E-state index in [1.54, 1.807) is 13.3 Å². The Bertz CT molecular complexity index is 729. The first kappa shape index (κ1) is 18.5. The van der Waals surface area contributed by atoms with Crippen molar-refractivity contribution in [2.24, 2.45) is 0 Å². The summed E-state index contributed by atoms with van der Waals surface area (Å²) in [4.78, 5) is 18.8. The Morgan fingerprint density at radius 2 is 2.31 bits per heavy atom. The van der Waals surface area contributed by atoms with Crippen LogP contribution in [0.1, 0.15) is 24.7 Å². The lowest BCUT2D eigenvalue weighted by molar-refractivity contribution is -0.138. The average Bonchev–Trinajstić information content (AvgIpc) is 3.14. The number of hydrogen-bond acceptors (Lipinski definition) is 4. The van der Waals surface area contributed by atoms with Gasteiger partial charge >= 0.3 is 0 Å². The highest BCUT2D eigenvalue weighted by Gasteiger charge is 2.24. The Labute approximate surface area is 154 Å². The largest absolute Gasteiger partial charge is 0.497 e. The predicted octanol–water partition coefficient (Wildman–Crippen LogP) is 2.31. The number of methoxy groups -OCH3 is 1. The third-order valence-corrected chi connectivity index (χ3v) is 4.77. The highest BCUT2D eigenvalue weighted by Crippen LogP contribution is 2.17. The minimum atomic E-state index is 0.0271. The van der Waals surface area contributed by atoms with Crippen molar-refractivity contribution in [3.05, 3.63) is 48.0 Å². The Morgan fingerprint density at radius 1 is 1.42 bits per heavy atom. The first-order valence-corrected chi connectivity index (χ1v) is 9.22. The lowest BCUT2D eigenvalue weighted by Gasteiger charge is -2.33. The maximum Gasteiger partial charge on any atom is 0.224 e. The van der Waals surface area contributed by atoms with Crippen molar-refractivity contribution >= 4 is 5.91 Å². The molecule has 0 bridgehead atoms. The number of hydrogen-bond donors (Lipinski definition) is 0. The van der Waals surface area contributed by atoms with Crippen molar-refractivity contribution in [1.82, 2.24) is 14.5 Å². The Hall–Kier alpha value is -2.34. The molecule has 1 aliphatic rings. The zero-order valence-corrected chi connectivity index (χ0v) is 15.6. The summed E-state index contributed by atoms with van der Waals surface area (Å²) in [5.41, 5.74) is 1.16. The van der Waals surface area contributed by atoms with Gasteiger partial charge < -0.3 is 18.9 Å². The monoisotopic (exact) mass is 357 g/mol. The van der Waals surface area contributed by atoms with E-state index in [1.165, 1.54) is 0 Å². The second-order valence-corrected chi connectivity index (χ2v) is 6.53. The second-order valence-electron chi connectivity index (χ2n) is 6.53. The van der Waals surface area contributed by atoms with Crippen molar-refractivity contribution in [1.29, 1.82) is 0 Å². The van der Waals surface area contributed by atoms with Crippen molar-refractivity contribution in [2.45, 2.75) is 38.8 Å². The van der Waals surface area contributed by atoms with Gasteiger partial charge in [0.25, 0.3) is 0 Å². The molecular formula is C20H27N3O3. The van der Waals surface area contributed by atoms with Gasteiger partial charge in [0.15, 0.2) is 0 Å². The molecule has 6 heteroatoms. The van der Waals surface area contributed by atoms with Crippen molar-refractivity contribution in [3.63, 3.8) is 0 Å². The standard InChI is InChI=1S/C20H27N3O3/c1-3-19-21-8-10-22(19)9-7-20(24)23-11-12-26-18(15-23)14-16-5-4-6-17(13-16)25-2/h4-6,8,10,13,18H,3,7,9,11-12,14-15H2,1-2H3/t18-/m0/s1. The van der Waals surface area contributed by atoms with Crippen molar-refractivity contribution in [2.75, 3.05) is 26.8 Å². The molecule has 140 valence electrons. The molecule has 0 N–H and O–H groups in total. The fourth-order valence-corrected chi connectivity index (χ4v) is 3.36. The van der Waals surface area contributed by atoms with E-state index in [0.717, 1.165) is 30.0 Å². The molecule has 1 amide bonds. The van der Waals surface area contributed by atoms with Gasteiger partial charge in [0, 0.05) is 51.3 Å². The molecule has 26 heavy (non-hydrogen) atoms. The first-order valence-electron chi connectivity index (χ1n) is 9.22. The van der Waals surface area contributed by atoms with Gasteiger partial charge in [-0.05, 0) is 17.7 Å². The summed E-state index contributed by atoms with van der Waals surface area (Å²) in [5.74, 6) is 2.05. The molecule has 1 atom stereocenters. The molecule has 1 fully saturated rings. The van der Waals surface area contributed by atoms with Crippen LogP contribution in [0.4, 0.5) is 0 Å². The minimum absolute atomic E-state index is 0.0271. The molecule has 0 saturated carbocycles. The van der Waals surface area contributed by atoms with Gasteiger partial charge in [0.2, 0.25) is 5.91 Å². The van der Waals surface area contributed by atoms with Crippen LogP contribution in [0.2, 0.25) is 0 Å². The fourth-order valence-electron chi connectivity index (χ4n) is 3.36. The number of benzene rings is 1. The lowest BCUT2D eigenvalue weighted by Crippen LogP contribution is -2.46. The number of nitrogens with zero attached hydrogens (tertiary/aromatic N) is 3. The Morgan fingerprint density at radius 3 is 3.12 bits per heavy atom. The number of aryl methyl sites for hydroxylation is 2. The van der Waals surface area contributed by atoms with Crippen LogP contribution in [0.3, 0.4) is 0 Å². The number of aromatic nitrogens is 2. The quantitative estimate of drug-likeness (QED) is 0.763. The summed E-state index contributed by atoms with van der Waals surface area (Å²) in [5, 5.41) is 0. The third kappa shape index (κ3) is 4.64. The van der Waals surface area contributed by atoms with Gasteiger partial charge in [-0.2, -0.15) is 0 Å². The molecule has 1 aromatic carbocycles. The smallest absolute Gasteiger partial charge is 0.224 e. The third-order valence-electron chi connectivity index (χ3n) is 4.77. The molecule has 1 aliphatic heterocycles. The number of imidazole rings is 1. The van der Waals surface area contributed by atoms with E-state index in [1.807, 2.05) is 29.3 Å². The Kier molecular flexibility index (Phi) is 6.28. The number of morpholine rings is 1. The second kappa shape index (κ2) is 8.85. The molecule has 3 rings (SSSR count). The molecular weight excluding hydrogens is 330 g/mol. The van der Waals surface area contributed by atoms with E-state index in [-0.39, 0.29) is 12.0 Å². The van der Waals surface area contributed by atoms with Crippen molar-refractivity contribution < 1.29 is 14.3 Å². The van der Waals surface area contributed by atoms with E-state index in [0.29, 0.717) is 32.7 Å². The summed E-state index contributed by atoms with van der Waals surface area (Å²) >= 11 is 0. The van der Waals surface area contributed by atoms with Crippen LogP contribution in [0.25, 0.3) is 0 Å². The van der Waals surface area contributed by atoms with E-state index in [2.05, 4.69) is 22.5 Å². The van der Waals surface area contributed by atoms with Crippen LogP contribution in [0, 0.1) is 0 Å². The summed E-state index contributed by atoms with van der Waals surface area (Å²) in [6, 6.07) is 8.01. The van der Waals surface area contributed by atoms with Gasteiger partial charge in [-0.15, -0.1) is 0 Å². The maximum absolute atomic E-state index is 12.6. The van der Waals surface area contributed by atoms with Gasteiger partial charge in [0.05, 0.1) is 19.8 Å². The zero-order chi connectivity index (χ0) is 18.4. The predicted molar refractivity (Wildman–Crippen MR) is 99.2 cm³/mol. The SMILES string of the molecule is CCc1nccn1CCC(=O)N1CCO[C@@H](Cc2cccc(OC)c2)C1. The van der Waals surface area contributed by atoms with Crippen LogP contribution in [0.15, 0.2) is 36.7 Å². The molecule has 6 nitrogen and oxygen atoms in total. The van der Waals surface area contributed by atoms with E-state index in [9.17, 15) is 4.79 Å². The highest BCUT2D eigenvalue weighted by atomic mass is 16.5. The molecule has 0 unspecified atom stereocenters. The molecule has 0 radical (unpaired) electrons.